The second kappa shape index (κ2) is 7.17. The molecule has 1 aromatic carbocycles. The van der Waals surface area contributed by atoms with E-state index in [0.717, 1.165) is 19.2 Å². The van der Waals surface area contributed by atoms with E-state index < -0.39 is 15.8 Å². The summed E-state index contributed by atoms with van der Waals surface area (Å²) in [6, 6.07) is 3.78. The van der Waals surface area contributed by atoms with Crippen molar-refractivity contribution < 1.29 is 12.8 Å². The van der Waals surface area contributed by atoms with Gasteiger partial charge in [0.05, 0.1) is 0 Å². The van der Waals surface area contributed by atoms with Crippen molar-refractivity contribution in [1.29, 1.82) is 0 Å². The van der Waals surface area contributed by atoms with Crippen molar-refractivity contribution in [2.24, 2.45) is 5.92 Å². The third-order valence-corrected chi connectivity index (χ3v) is 5.29. The van der Waals surface area contributed by atoms with Crippen LogP contribution in [0.2, 0.25) is 0 Å². The second-order valence-electron chi connectivity index (χ2n) is 4.77. The summed E-state index contributed by atoms with van der Waals surface area (Å²) in [5, 5.41) is 3.19. The van der Waals surface area contributed by atoms with Crippen molar-refractivity contribution in [3.63, 3.8) is 0 Å². The summed E-state index contributed by atoms with van der Waals surface area (Å²) in [5.41, 5.74) is 0. The van der Waals surface area contributed by atoms with Gasteiger partial charge in [-0.2, -0.15) is 0 Å². The zero-order valence-corrected chi connectivity index (χ0v) is 14.1. The lowest BCUT2D eigenvalue weighted by molar-refractivity contribution is 0.327. The lowest BCUT2D eigenvalue weighted by Crippen LogP contribution is -2.48. The van der Waals surface area contributed by atoms with E-state index in [1.165, 1.54) is 12.1 Å². The number of piperidine rings is 1. The van der Waals surface area contributed by atoms with E-state index in [0.29, 0.717) is 10.9 Å². The molecule has 1 aromatic rings. The normalized spacial score (nSPS) is 23.1. The van der Waals surface area contributed by atoms with Gasteiger partial charge in [0.1, 0.15) is 10.7 Å². The molecule has 0 radical (unpaired) electrons. The van der Waals surface area contributed by atoms with Gasteiger partial charge < -0.3 is 5.32 Å². The fraction of sp³-hybridized carbons (Fsp3) is 0.500. The van der Waals surface area contributed by atoms with Crippen LogP contribution in [0.5, 0.6) is 0 Å². The predicted octanol–water partition coefficient (Wildman–Crippen LogP) is 2.29. The molecule has 0 aromatic heterocycles. The zero-order chi connectivity index (χ0) is 14.0. The van der Waals surface area contributed by atoms with Crippen molar-refractivity contribution in [3.05, 3.63) is 28.5 Å². The number of benzene rings is 1. The van der Waals surface area contributed by atoms with Gasteiger partial charge in [0.15, 0.2) is 0 Å². The van der Waals surface area contributed by atoms with Crippen LogP contribution in [0, 0.1) is 11.7 Å². The average Bonchev–Trinajstić information content (AvgIpc) is 2.31. The van der Waals surface area contributed by atoms with E-state index in [9.17, 15) is 12.8 Å². The molecule has 0 saturated carbocycles. The SMILES string of the molecule is CC1CNCCC1NS(=O)(=O)c1ccc(Br)cc1F.Cl. The monoisotopic (exact) mass is 386 g/mol. The average molecular weight is 388 g/mol. The van der Waals surface area contributed by atoms with Gasteiger partial charge in [0.2, 0.25) is 10.0 Å². The molecule has 20 heavy (non-hydrogen) atoms. The minimum absolute atomic E-state index is 0. The van der Waals surface area contributed by atoms with Crippen molar-refractivity contribution in [2.75, 3.05) is 13.1 Å². The Labute approximate surface area is 133 Å². The van der Waals surface area contributed by atoms with E-state index in [4.69, 9.17) is 0 Å². The topological polar surface area (TPSA) is 58.2 Å². The van der Waals surface area contributed by atoms with Gasteiger partial charge in [-0.25, -0.2) is 17.5 Å². The lowest BCUT2D eigenvalue weighted by atomic mass is 9.97. The molecule has 1 aliphatic rings. The molecule has 0 bridgehead atoms. The molecule has 1 saturated heterocycles. The Morgan fingerprint density at radius 1 is 1.45 bits per heavy atom. The molecule has 0 aliphatic carbocycles. The summed E-state index contributed by atoms with van der Waals surface area (Å²) in [6.07, 6.45) is 0.707. The smallest absolute Gasteiger partial charge is 0.243 e. The number of halogens is 3. The Morgan fingerprint density at radius 3 is 2.75 bits per heavy atom. The van der Waals surface area contributed by atoms with E-state index in [-0.39, 0.29) is 29.3 Å². The van der Waals surface area contributed by atoms with Crippen LogP contribution in [-0.4, -0.2) is 27.5 Å². The van der Waals surface area contributed by atoms with Crippen LogP contribution < -0.4 is 10.0 Å². The molecule has 1 heterocycles. The highest BCUT2D eigenvalue weighted by molar-refractivity contribution is 9.10. The number of hydrogen-bond acceptors (Lipinski definition) is 3. The molecule has 0 spiro atoms. The number of hydrogen-bond donors (Lipinski definition) is 2. The van der Waals surface area contributed by atoms with E-state index in [2.05, 4.69) is 26.0 Å². The standard InChI is InChI=1S/C12H16BrFN2O2S.ClH/c1-8-7-15-5-4-11(8)16-19(17,18)12-3-2-9(13)6-10(12)14;/h2-3,6,8,11,15-16H,4-5,7H2,1H3;1H. The number of rotatable bonds is 3. The fourth-order valence-electron chi connectivity index (χ4n) is 2.15. The predicted molar refractivity (Wildman–Crippen MR) is 82.1 cm³/mol. The first-order valence-electron chi connectivity index (χ1n) is 6.08. The third-order valence-electron chi connectivity index (χ3n) is 3.28. The summed E-state index contributed by atoms with van der Waals surface area (Å²) in [6.45, 7) is 3.49. The molecule has 1 aliphatic heterocycles. The van der Waals surface area contributed by atoms with Crippen LogP contribution in [0.4, 0.5) is 4.39 Å². The molecule has 2 atom stereocenters. The minimum Gasteiger partial charge on any atom is -0.316 e. The molecule has 2 N–H and O–H groups in total. The Hall–Kier alpha value is -0.210. The molecule has 4 nitrogen and oxygen atoms in total. The second-order valence-corrected chi connectivity index (χ2v) is 7.37. The van der Waals surface area contributed by atoms with Crippen LogP contribution in [0.1, 0.15) is 13.3 Å². The van der Waals surface area contributed by atoms with Gasteiger partial charge in [-0.1, -0.05) is 22.9 Å². The lowest BCUT2D eigenvalue weighted by Gasteiger charge is -2.29. The molecule has 2 rings (SSSR count). The van der Waals surface area contributed by atoms with Crippen molar-refractivity contribution in [2.45, 2.75) is 24.3 Å². The Balaban J connectivity index is 0.00000200. The summed E-state index contributed by atoms with van der Waals surface area (Å²) < 4.78 is 41.2. The maximum atomic E-state index is 13.7. The van der Waals surface area contributed by atoms with Gasteiger partial charge in [0.25, 0.3) is 0 Å². The highest BCUT2D eigenvalue weighted by Gasteiger charge is 2.28. The van der Waals surface area contributed by atoms with Crippen LogP contribution in [-0.2, 0) is 10.0 Å². The Bertz CT molecular complexity index is 571. The van der Waals surface area contributed by atoms with Gasteiger partial charge >= 0.3 is 0 Å². The van der Waals surface area contributed by atoms with E-state index in [1.54, 1.807) is 0 Å². The summed E-state index contributed by atoms with van der Waals surface area (Å²) in [4.78, 5) is -0.304. The number of sulfonamides is 1. The van der Waals surface area contributed by atoms with Gasteiger partial charge in [-0.15, -0.1) is 12.4 Å². The summed E-state index contributed by atoms with van der Waals surface area (Å²) in [7, 11) is -3.81. The molecule has 114 valence electrons. The van der Waals surface area contributed by atoms with Gasteiger partial charge in [-0.3, -0.25) is 0 Å². The quantitative estimate of drug-likeness (QED) is 0.836. The fourth-order valence-corrected chi connectivity index (χ4v) is 3.92. The van der Waals surface area contributed by atoms with Crippen LogP contribution in [0.25, 0.3) is 0 Å². The highest BCUT2D eigenvalue weighted by Crippen LogP contribution is 2.21. The molecular weight excluding hydrogens is 371 g/mol. The highest BCUT2D eigenvalue weighted by atomic mass is 79.9. The molecule has 1 fully saturated rings. The maximum Gasteiger partial charge on any atom is 0.243 e. The van der Waals surface area contributed by atoms with E-state index >= 15 is 0 Å². The number of nitrogens with one attached hydrogen (secondary N) is 2. The van der Waals surface area contributed by atoms with Crippen molar-refractivity contribution in [3.8, 4) is 0 Å². The largest absolute Gasteiger partial charge is 0.316 e. The maximum absolute atomic E-state index is 13.7. The Kier molecular flexibility index (Phi) is 6.40. The summed E-state index contributed by atoms with van der Waals surface area (Å²) in [5.74, 6) is -0.564. The molecule has 0 amide bonds. The van der Waals surface area contributed by atoms with Crippen LogP contribution in [0.3, 0.4) is 0 Å². The molecule has 2 unspecified atom stereocenters. The minimum atomic E-state index is -3.81. The summed E-state index contributed by atoms with van der Waals surface area (Å²) >= 11 is 3.11. The molecule has 8 heteroatoms. The first kappa shape index (κ1) is 17.8. The van der Waals surface area contributed by atoms with Gasteiger partial charge in [0, 0.05) is 10.5 Å². The van der Waals surface area contributed by atoms with Crippen LogP contribution in [0.15, 0.2) is 27.6 Å². The van der Waals surface area contributed by atoms with Crippen molar-refractivity contribution in [1.82, 2.24) is 10.0 Å². The molecular formula is C12H17BrClFN2O2S. The van der Waals surface area contributed by atoms with Crippen LogP contribution >= 0.6 is 28.3 Å². The first-order chi connectivity index (χ1) is 8.90. The Morgan fingerprint density at radius 2 is 2.15 bits per heavy atom. The van der Waals surface area contributed by atoms with Gasteiger partial charge in [-0.05, 0) is 43.6 Å². The zero-order valence-electron chi connectivity index (χ0n) is 10.9. The first-order valence-corrected chi connectivity index (χ1v) is 8.36. The van der Waals surface area contributed by atoms with Crippen molar-refractivity contribution >= 4 is 38.4 Å². The van der Waals surface area contributed by atoms with E-state index in [1.807, 2.05) is 6.92 Å². The third kappa shape index (κ3) is 4.14.